The second-order valence-electron chi connectivity index (χ2n) is 2.71. The van der Waals surface area contributed by atoms with Crippen molar-refractivity contribution in [2.75, 3.05) is 36.6 Å². The van der Waals surface area contributed by atoms with Gasteiger partial charge < -0.3 is 15.7 Å². The Morgan fingerprint density at radius 1 is 1.64 bits per heavy atom. The van der Waals surface area contributed by atoms with E-state index in [9.17, 15) is 0 Å². The molecule has 4 nitrogen and oxygen atoms in total. The zero-order valence-electron chi connectivity index (χ0n) is 8.36. The zero-order chi connectivity index (χ0) is 10.6. The summed E-state index contributed by atoms with van der Waals surface area (Å²) in [7, 11) is 0. The highest BCUT2D eigenvalue weighted by atomic mass is 32.2. The number of aliphatic hydroxyl groups excluding tert-OH is 1. The average molecular weight is 233 g/mol. The SMILES string of the molecule is CCN(CCO)c1snc(N)c1SC. The molecule has 0 fully saturated rings. The Labute approximate surface area is 92.3 Å². The summed E-state index contributed by atoms with van der Waals surface area (Å²) in [5, 5.41) is 9.97. The number of hydrogen-bond donors (Lipinski definition) is 2. The van der Waals surface area contributed by atoms with Gasteiger partial charge in [0.25, 0.3) is 0 Å². The summed E-state index contributed by atoms with van der Waals surface area (Å²) in [5.41, 5.74) is 5.73. The van der Waals surface area contributed by atoms with E-state index in [-0.39, 0.29) is 6.61 Å². The van der Waals surface area contributed by atoms with Crippen molar-refractivity contribution in [2.45, 2.75) is 11.8 Å². The molecule has 1 aromatic rings. The Balaban J connectivity index is 2.91. The topological polar surface area (TPSA) is 62.4 Å². The third-order valence-electron chi connectivity index (χ3n) is 1.90. The number of nitrogens with two attached hydrogens (primary N) is 1. The third-order valence-corrected chi connectivity index (χ3v) is 3.76. The molecule has 6 heteroatoms. The van der Waals surface area contributed by atoms with Gasteiger partial charge in [0.2, 0.25) is 0 Å². The molecule has 1 heterocycles. The second-order valence-corrected chi connectivity index (χ2v) is 4.28. The van der Waals surface area contributed by atoms with Crippen molar-refractivity contribution in [3.63, 3.8) is 0 Å². The molecule has 0 bridgehead atoms. The summed E-state index contributed by atoms with van der Waals surface area (Å²) in [6.45, 7) is 3.69. The van der Waals surface area contributed by atoms with Crippen molar-refractivity contribution < 1.29 is 5.11 Å². The van der Waals surface area contributed by atoms with Crippen LogP contribution in [0.4, 0.5) is 10.8 Å². The molecule has 14 heavy (non-hydrogen) atoms. The van der Waals surface area contributed by atoms with Gasteiger partial charge in [-0.25, -0.2) is 0 Å². The Bertz CT molecular complexity index is 290. The van der Waals surface area contributed by atoms with Gasteiger partial charge in [-0.05, 0) is 24.7 Å². The van der Waals surface area contributed by atoms with E-state index >= 15 is 0 Å². The molecule has 0 aliphatic heterocycles. The highest BCUT2D eigenvalue weighted by molar-refractivity contribution is 7.99. The number of thioether (sulfide) groups is 1. The van der Waals surface area contributed by atoms with Crippen LogP contribution in [0.15, 0.2) is 4.90 Å². The molecule has 0 radical (unpaired) electrons. The van der Waals surface area contributed by atoms with E-state index in [2.05, 4.69) is 16.2 Å². The minimum Gasteiger partial charge on any atom is -0.395 e. The minimum absolute atomic E-state index is 0.152. The van der Waals surface area contributed by atoms with Crippen molar-refractivity contribution in [2.24, 2.45) is 0 Å². The van der Waals surface area contributed by atoms with E-state index in [1.807, 2.05) is 6.26 Å². The molecule has 0 aliphatic rings. The number of hydrogen-bond acceptors (Lipinski definition) is 6. The van der Waals surface area contributed by atoms with Crippen LogP contribution in [0.1, 0.15) is 6.92 Å². The first kappa shape index (κ1) is 11.6. The number of rotatable bonds is 5. The lowest BCUT2D eigenvalue weighted by molar-refractivity contribution is 0.302. The molecule has 0 saturated heterocycles. The fraction of sp³-hybridized carbons (Fsp3) is 0.625. The van der Waals surface area contributed by atoms with E-state index in [1.165, 1.54) is 11.5 Å². The van der Waals surface area contributed by atoms with Crippen molar-refractivity contribution in [1.82, 2.24) is 4.37 Å². The molecule has 0 amide bonds. The standard InChI is InChI=1S/C8H15N3OS2/c1-3-11(4-5-12)8-6(13-2)7(9)10-14-8/h12H,3-5H2,1-2H3,(H2,9,10). The van der Waals surface area contributed by atoms with Crippen LogP contribution in [-0.2, 0) is 0 Å². The average Bonchev–Trinajstić information content (AvgIpc) is 2.56. The molecule has 1 aromatic heterocycles. The van der Waals surface area contributed by atoms with Crippen LogP contribution in [0.3, 0.4) is 0 Å². The smallest absolute Gasteiger partial charge is 0.153 e. The highest BCUT2D eigenvalue weighted by Crippen LogP contribution is 2.37. The summed E-state index contributed by atoms with van der Waals surface area (Å²) in [5.74, 6) is 0.592. The number of anilines is 2. The Hall–Kier alpha value is -0.460. The fourth-order valence-corrected chi connectivity index (χ4v) is 2.98. The van der Waals surface area contributed by atoms with Crippen LogP contribution in [0, 0.1) is 0 Å². The van der Waals surface area contributed by atoms with Crippen molar-refractivity contribution in [1.29, 1.82) is 0 Å². The molecule has 0 aromatic carbocycles. The van der Waals surface area contributed by atoms with Gasteiger partial charge in [-0.15, -0.1) is 11.8 Å². The normalized spacial score (nSPS) is 10.5. The van der Waals surface area contributed by atoms with Crippen LogP contribution in [-0.4, -0.2) is 35.4 Å². The first-order valence-electron chi connectivity index (χ1n) is 4.39. The van der Waals surface area contributed by atoms with Crippen molar-refractivity contribution in [3.05, 3.63) is 0 Å². The van der Waals surface area contributed by atoms with Gasteiger partial charge in [0, 0.05) is 13.1 Å². The number of aromatic nitrogens is 1. The van der Waals surface area contributed by atoms with Crippen LogP contribution >= 0.6 is 23.3 Å². The molecular formula is C8H15N3OS2. The van der Waals surface area contributed by atoms with Crippen LogP contribution in [0.25, 0.3) is 0 Å². The molecule has 0 saturated carbocycles. The summed E-state index contributed by atoms with van der Waals surface area (Å²) >= 11 is 2.99. The Kier molecular flexibility index (Phi) is 4.50. The van der Waals surface area contributed by atoms with E-state index in [1.54, 1.807) is 11.8 Å². The van der Waals surface area contributed by atoms with Gasteiger partial charge in [-0.2, -0.15) is 4.37 Å². The van der Waals surface area contributed by atoms with Gasteiger partial charge in [0.15, 0.2) is 5.82 Å². The molecule has 0 spiro atoms. The lowest BCUT2D eigenvalue weighted by Crippen LogP contribution is -2.25. The number of likely N-dealkylation sites (N-methyl/N-ethyl adjacent to an activating group) is 1. The van der Waals surface area contributed by atoms with E-state index in [4.69, 9.17) is 10.8 Å². The fourth-order valence-electron chi connectivity index (χ4n) is 1.20. The maximum Gasteiger partial charge on any atom is 0.153 e. The predicted molar refractivity (Wildman–Crippen MR) is 63.3 cm³/mol. The lowest BCUT2D eigenvalue weighted by Gasteiger charge is -2.20. The molecule has 0 unspecified atom stereocenters. The second kappa shape index (κ2) is 5.43. The van der Waals surface area contributed by atoms with Gasteiger partial charge in [0.05, 0.1) is 11.5 Å². The third kappa shape index (κ3) is 2.31. The number of nitrogens with zero attached hydrogens (tertiary/aromatic N) is 2. The summed E-state index contributed by atoms with van der Waals surface area (Å²) < 4.78 is 4.11. The van der Waals surface area contributed by atoms with Crippen LogP contribution in [0.2, 0.25) is 0 Å². The number of aliphatic hydroxyl groups is 1. The maximum absolute atomic E-state index is 8.90. The predicted octanol–water partition coefficient (Wildman–Crippen LogP) is 1.27. The van der Waals surface area contributed by atoms with E-state index < -0.39 is 0 Å². The van der Waals surface area contributed by atoms with Crippen molar-refractivity contribution in [3.8, 4) is 0 Å². The van der Waals surface area contributed by atoms with Gasteiger partial charge in [-0.3, -0.25) is 0 Å². The van der Waals surface area contributed by atoms with E-state index in [0.717, 1.165) is 16.4 Å². The maximum atomic E-state index is 8.90. The van der Waals surface area contributed by atoms with Gasteiger partial charge >= 0.3 is 0 Å². The van der Waals surface area contributed by atoms with Gasteiger partial charge in [-0.1, -0.05) is 0 Å². The Morgan fingerprint density at radius 3 is 2.86 bits per heavy atom. The van der Waals surface area contributed by atoms with Crippen LogP contribution < -0.4 is 10.6 Å². The summed E-state index contributed by atoms with van der Waals surface area (Å²) in [6.07, 6.45) is 1.98. The molecule has 80 valence electrons. The molecule has 0 atom stereocenters. The molecule has 0 aliphatic carbocycles. The van der Waals surface area contributed by atoms with Gasteiger partial charge in [0.1, 0.15) is 5.00 Å². The van der Waals surface area contributed by atoms with Crippen molar-refractivity contribution >= 4 is 34.1 Å². The quantitative estimate of drug-likeness (QED) is 0.750. The first-order valence-corrected chi connectivity index (χ1v) is 6.39. The largest absolute Gasteiger partial charge is 0.395 e. The summed E-state index contributed by atoms with van der Waals surface area (Å²) in [6, 6.07) is 0. The molecular weight excluding hydrogens is 218 g/mol. The first-order chi connectivity index (χ1) is 6.74. The minimum atomic E-state index is 0.152. The monoisotopic (exact) mass is 233 g/mol. The zero-order valence-corrected chi connectivity index (χ0v) is 9.99. The number of nitrogen functional groups attached to an aromatic ring is 1. The Morgan fingerprint density at radius 2 is 2.36 bits per heavy atom. The van der Waals surface area contributed by atoms with E-state index in [0.29, 0.717) is 12.4 Å². The van der Waals surface area contributed by atoms with Crippen LogP contribution in [0.5, 0.6) is 0 Å². The summed E-state index contributed by atoms with van der Waals surface area (Å²) in [4.78, 5) is 3.10. The highest BCUT2D eigenvalue weighted by Gasteiger charge is 2.15. The molecule has 1 rings (SSSR count). The lowest BCUT2D eigenvalue weighted by atomic mass is 10.5. The molecule has 3 N–H and O–H groups in total.